The first-order chi connectivity index (χ1) is 12.6. The molecule has 4 rings (SSSR count). The van der Waals surface area contributed by atoms with Gasteiger partial charge in [-0.3, -0.25) is 9.59 Å². The van der Waals surface area contributed by atoms with E-state index in [1.807, 2.05) is 47.4 Å². The molecule has 2 aliphatic heterocycles. The molecule has 2 amide bonds. The third-order valence-corrected chi connectivity index (χ3v) is 6.64. The molecule has 0 radical (unpaired) electrons. The van der Waals surface area contributed by atoms with Crippen LogP contribution in [0.1, 0.15) is 12.8 Å². The molecular formula is C20H19BrN2O2S. The summed E-state index contributed by atoms with van der Waals surface area (Å²) in [4.78, 5) is 30.6. The van der Waals surface area contributed by atoms with Gasteiger partial charge in [-0.2, -0.15) is 0 Å². The minimum atomic E-state index is -0.300. The lowest BCUT2D eigenvalue weighted by Crippen LogP contribution is -2.38. The molecule has 1 saturated heterocycles. The maximum Gasteiger partial charge on any atom is 0.232 e. The van der Waals surface area contributed by atoms with Gasteiger partial charge in [0.05, 0.1) is 17.3 Å². The minimum Gasteiger partial charge on any atom is -0.311 e. The van der Waals surface area contributed by atoms with E-state index < -0.39 is 0 Å². The second-order valence-electron chi connectivity index (χ2n) is 6.52. The molecule has 2 aliphatic rings. The first-order valence-electron chi connectivity index (χ1n) is 8.73. The fraction of sp³-hybridized carbons (Fsp3) is 0.300. The highest BCUT2D eigenvalue weighted by atomic mass is 79.9. The van der Waals surface area contributed by atoms with Crippen molar-refractivity contribution < 1.29 is 9.59 Å². The van der Waals surface area contributed by atoms with Gasteiger partial charge in [-0.25, -0.2) is 0 Å². The summed E-state index contributed by atoms with van der Waals surface area (Å²) in [6.07, 6.45) is 1.23. The van der Waals surface area contributed by atoms with Crippen LogP contribution in [-0.4, -0.2) is 30.7 Å². The number of carbonyl (C=O) groups excluding carboxylic acids is 2. The van der Waals surface area contributed by atoms with Crippen molar-refractivity contribution in [3.63, 3.8) is 0 Å². The molecule has 2 heterocycles. The Bertz CT molecular complexity index is 857. The smallest absolute Gasteiger partial charge is 0.232 e. The van der Waals surface area contributed by atoms with Crippen molar-refractivity contribution in [1.82, 2.24) is 0 Å². The van der Waals surface area contributed by atoms with Gasteiger partial charge in [0.25, 0.3) is 0 Å². The number of thioether (sulfide) groups is 1. The molecule has 4 nitrogen and oxygen atoms in total. The zero-order chi connectivity index (χ0) is 18.1. The standard InChI is InChI=1S/C20H19BrN2O2S/c21-15-6-1-2-7-16(15)23-13-14(12-19(23)24)20(25)22-10-5-11-26-18-9-4-3-8-17(18)22/h1-4,6-9,14H,5,10-13H2. The maximum absolute atomic E-state index is 13.2. The number of anilines is 2. The summed E-state index contributed by atoms with van der Waals surface area (Å²) in [6, 6.07) is 15.7. The van der Waals surface area contributed by atoms with Gasteiger partial charge in [-0.1, -0.05) is 24.3 Å². The molecule has 0 spiro atoms. The van der Waals surface area contributed by atoms with Crippen molar-refractivity contribution in [1.29, 1.82) is 0 Å². The summed E-state index contributed by atoms with van der Waals surface area (Å²) < 4.78 is 0.873. The van der Waals surface area contributed by atoms with Crippen LogP contribution in [0.3, 0.4) is 0 Å². The van der Waals surface area contributed by atoms with Crippen LogP contribution in [0.25, 0.3) is 0 Å². The van der Waals surface area contributed by atoms with Gasteiger partial charge in [0.15, 0.2) is 0 Å². The van der Waals surface area contributed by atoms with Crippen molar-refractivity contribution in [2.24, 2.45) is 5.92 Å². The average molecular weight is 431 g/mol. The van der Waals surface area contributed by atoms with E-state index in [1.165, 1.54) is 0 Å². The van der Waals surface area contributed by atoms with Gasteiger partial charge in [-0.15, -0.1) is 11.8 Å². The highest BCUT2D eigenvalue weighted by Crippen LogP contribution is 2.36. The van der Waals surface area contributed by atoms with E-state index in [0.717, 1.165) is 32.9 Å². The number of benzene rings is 2. The van der Waals surface area contributed by atoms with E-state index in [1.54, 1.807) is 16.7 Å². The Balaban J connectivity index is 1.58. The van der Waals surface area contributed by atoms with Gasteiger partial charge in [0.1, 0.15) is 0 Å². The lowest BCUT2D eigenvalue weighted by Gasteiger charge is -2.25. The van der Waals surface area contributed by atoms with E-state index >= 15 is 0 Å². The molecule has 0 aromatic heterocycles. The highest BCUT2D eigenvalue weighted by Gasteiger charge is 2.38. The molecule has 6 heteroatoms. The Morgan fingerprint density at radius 3 is 2.62 bits per heavy atom. The zero-order valence-corrected chi connectivity index (χ0v) is 16.6. The Labute approximate surface area is 165 Å². The van der Waals surface area contributed by atoms with Crippen LogP contribution < -0.4 is 9.80 Å². The highest BCUT2D eigenvalue weighted by molar-refractivity contribution is 9.10. The summed E-state index contributed by atoms with van der Waals surface area (Å²) in [6.45, 7) is 1.15. The van der Waals surface area contributed by atoms with Crippen molar-refractivity contribution in [3.05, 3.63) is 53.0 Å². The summed E-state index contributed by atoms with van der Waals surface area (Å²) in [5.74, 6) is 0.773. The van der Waals surface area contributed by atoms with Crippen LogP contribution in [0.5, 0.6) is 0 Å². The number of hydrogen-bond acceptors (Lipinski definition) is 3. The number of carbonyl (C=O) groups is 2. The number of para-hydroxylation sites is 2. The number of rotatable bonds is 2. The monoisotopic (exact) mass is 430 g/mol. The Hall–Kier alpha value is -1.79. The lowest BCUT2D eigenvalue weighted by molar-refractivity contribution is -0.124. The van der Waals surface area contributed by atoms with E-state index in [9.17, 15) is 9.59 Å². The summed E-state index contributed by atoms with van der Waals surface area (Å²) >= 11 is 5.30. The molecule has 2 aromatic rings. The van der Waals surface area contributed by atoms with Gasteiger partial charge in [0, 0.05) is 28.9 Å². The molecule has 0 aliphatic carbocycles. The Morgan fingerprint density at radius 1 is 1.08 bits per heavy atom. The van der Waals surface area contributed by atoms with E-state index in [-0.39, 0.29) is 24.2 Å². The lowest BCUT2D eigenvalue weighted by atomic mass is 10.1. The van der Waals surface area contributed by atoms with E-state index in [2.05, 4.69) is 22.0 Å². The summed E-state index contributed by atoms with van der Waals surface area (Å²) in [7, 11) is 0. The molecule has 26 heavy (non-hydrogen) atoms. The molecule has 0 N–H and O–H groups in total. The molecule has 1 atom stereocenters. The third-order valence-electron chi connectivity index (χ3n) is 4.82. The number of hydrogen-bond donors (Lipinski definition) is 0. The molecule has 2 aromatic carbocycles. The van der Waals surface area contributed by atoms with Crippen LogP contribution in [0.15, 0.2) is 57.9 Å². The predicted octanol–water partition coefficient (Wildman–Crippen LogP) is 4.33. The molecule has 0 bridgehead atoms. The molecular weight excluding hydrogens is 412 g/mol. The molecule has 1 fully saturated rings. The summed E-state index contributed by atoms with van der Waals surface area (Å²) in [5.41, 5.74) is 1.81. The summed E-state index contributed by atoms with van der Waals surface area (Å²) in [5, 5.41) is 0. The van der Waals surface area contributed by atoms with Gasteiger partial charge >= 0.3 is 0 Å². The minimum absolute atomic E-state index is 0.00716. The number of fused-ring (bicyclic) bond motifs is 1. The number of amides is 2. The number of nitrogens with zero attached hydrogens (tertiary/aromatic N) is 2. The van der Waals surface area contributed by atoms with Crippen molar-refractivity contribution in [2.45, 2.75) is 17.7 Å². The fourth-order valence-corrected chi connectivity index (χ4v) is 5.05. The average Bonchev–Trinajstić information content (AvgIpc) is 2.91. The largest absolute Gasteiger partial charge is 0.311 e. The van der Waals surface area contributed by atoms with Crippen molar-refractivity contribution >= 4 is 50.9 Å². The normalized spacial score (nSPS) is 20.0. The Kier molecular flexibility index (Phi) is 5.05. The SMILES string of the molecule is O=C1CC(C(=O)N2CCCSc3ccccc32)CN1c1ccccc1Br. The zero-order valence-electron chi connectivity index (χ0n) is 14.2. The number of halogens is 1. The fourth-order valence-electron chi connectivity index (χ4n) is 3.55. The third kappa shape index (κ3) is 3.28. The Morgan fingerprint density at radius 2 is 1.81 bits per heavy atom. The molecule has 1 unspecified atom stereocenters. The first kappa shape index (κ1) is 17.6. The van der Waals surface area contributed by atoms with Crippen molar-refractivity contribution in [3.8, 4) is 0 Å². The van der Waals surface area contributed by atoms with Gasteiger partial charge < -0.3 is 9.80 Å². The van der Waals surface area contributed by atoms with Gasteiger partial charge in [0.2, 0.25) is 11.8 Å². The molecule has 0 saturated carbocycles. The predicted molar refractivity (Wildman–Crippen MR) is 109 cm³/mol. The second-order valence-corrected chi connectivity index (χ2v) is 8.51. The van der Waals surface area contributed by atoms with E-state index in [4.69, 9.17) is 0 Å². The second kappa shape index (κ2) is 7.45. The van der Waals surface area contributed by atoms with Crippen molar-refractivity contribution in [2.75, 3.05) is 28.6 Å². The van der Waals surface area contributed by atoms with Crippen LogP contribution in [0.4, 0.5) is 11.4 Å². The van der Waals surface area contributed by atoms with Crippen LogP contribution >= 0.6 is 27.7 Å². The van der Waals surface area contributed by atoms with Gasteiger partial charge in [-0.05, 0) is 52.4 Å². The van der Waals surface area contributed by atoms with E-state index in [0.29, 0.717) is 13.1 Å². The quantitative estimate of drug-likeness (QED) is 0.711. The topological polar surface area (TPSA) is 40.6 Å². The van der Waals surface area contributed by atoms with Crippen LogP contribution in [0, 0.1) is 5.92 Å². The molecule has 134 valence electrons. The van der Waals surface area contributed by atoms with Crippen LogP contribution in [0.2, 0.25) is 0 Å². The van der Waals surface area contributed by atoms with Crippen LogP contribution in [-0.2, 0) is 9.59 Å². The first-order valence-corrected chi connectivity index (χ1v) is 10.5. The maximum atomic E-state index is 13.2.